The van der Waals surface area contributed by atoms with Gasteiger partial charge in [0.1, 0.15) is 0 Å². The van der Waals surface area contributed by atoms with Crippen LogP contribution in [-0.4, -0.2) is 57.0 Å². The Bertz CT molecular complexity index is 1030. The molecule has 1 saturated heterocycles. The van der Waals surface area contributed by atoms with Gasteiger partial charge in [-0.1, -0.05) is 11.2 Å². The van der Waals surface area contributed by atoms with E-state index in [2.05, 4.69) is 20.0 Å². The first kappa shape index (κ1) is 19.5. The van der Waals surface area contributed by atoms with Gasteiger partial charge in [-0.05, 0) is 18.2 Å². The summed E-state index contributed by atoms with van der Waals surface area (Å²) < 4.78 is 5.24. The smallest absolute Gasteiger partial charge is 0.271 e. The Hall–Kier alpha value is -3.82. The van der Waals surface area contributed by atoms with Crippen molar-refractivity contribution >= 4 is 17.3 Å². The average Bonchev–Trinajstić information content (AvgIpc) is 3.27. The summed E-state index contributed by atoms with van der Waals surface area (Å²) in [7, 11) is 0. The van der Waals surface area contributed by atoms with E-state index in [0.717, 1.165) is 11.3 Å². The zero-order valence-electron chi connectivity index (χ0n) is 16.2. The summed E-state index contributed by atoms with van der Waals surface area (Å²) in [6, 6.07) is 10.2. The number of hydrogen-bond donors (Lipinski definition) is 0. The Labute approximate surface area is 172 Å². The molecule has 10 nitrogen and oxygen atoms in total. The molecule has 0 atom stereocenters. The first-order valence-corrected chi connectivity index (χ1v) is 9.60. The fraction of sp³-hybridized carbons (Fsp3) is 0.300. The van der Waals surface area contributed by atoms with Crippen LogP contribution in [-0.2, 0) is 11.2 Å². The topological polar surface area (TPSA) is 118 Å². The number of nitrogens with zero attached hydrogens (tertiary/aromatic N) is 6. The van der Waals surface area contributed by atoms with Crippen molar-refractivity contribution in [3.05, 3.63) is 64.8 Å². The van der Waals surface area contributed by atoms with E-state index in [1.165, 1.54) is 6.07 Å². The molecule has 10 heteroatoms. The van der Waals surface area contributed by atoms with Crippen LogP contribution in [0.2, 0.25) is 0 Å². The van der Waals surface area contributed by atoms with Gasteiger partial charge in [0.05, 0.1) is 4.92 Å². The minimum atomic E-state index is -0.402. The second-order valence-electron chi connectivity index (χ2n) is 6.90. The minimum absolute atomic E-state index is 0.0230. The van der Waals surface area contributed by atoms with E-state index in [9.17, 15) is 14.9 Å². The third-order valence-electron chi connectivity index (χ3n) is 4.98. The molecule has 0 radical (unpaired) electrons. The minimum Gasteiger partial charge on any atom is -0.368 e. The molecule has 2 aromatic heterocycles. The van der Waals surface area contributed by atoms with Crippen molar-refractivity contribution < 1.29 is 14.2 Å². The molecule has 0 spiro atoms. The maximum absolute atomic E-state index is 12.6. The molecule has 4 rings (SSSR count). The van der Waals surface area contributed by atoms with Crippen LogP contribution >= 0.6 is 0 Å². The number of carbonyl (C=O) groups is 1. The number of non-ortho nitro benzene ring substituents is 1. The van der Waals surface area contributed by atoms with Crippen molar-refractivity contribution in [2.45, 2.75) is 12.8 Å². The molecule has 1 amide bonds. The number of nitro benzene ring substituents is 1. The second-order valence-corrected chi connectivity index (χ2v) is 6.90. The van der Waals surface area contributed by atoms with Gasteiger partial charge in [0.2, 0.25) is 17.6 Å². The lowest BCUT2D eigenvalue weighted by Crippen LogP contribution is -2.48. The summed E-state index contributed by atoms with van der Waals surface area (Å²) in [5.41, 5.74) is 1.62. The Morgan fingerprint density at radius 3 is 2.73 bits per heavy atom. The van der Waals surface area contributed by atoms with Crippen LogP contribution in [0.3, 0.4) is 0 Å². The largest absolute Gasteiger partial charge is 0.368 e. The third kappa shape index (κ3) is 4.43. The zero-order valence-corrected chi connectivity index (χ0v) is 16.2. The highest BCUT2D eigenvalue weighted by atomic mass is 16.6. The Balaban J connectivity index is 1.28. The van der Waals surface area contributed by atoms with Gasteiger partial charge < -0.3 is 14.3 Å². The van der Waals surface area contributed by atoms with Crippen LogP contribution in [0.25, 0.3) is 11.4 Å². The molecular weight excluding hydrogens is 388 g/mol. The number of aryl methyl sites for hydroxylation is 1. The standard InChI is InChI=1S/C20H20N6O4/c27-19(7-6-18-22-20(23-30-18)15-3-2-8-21-14-15)25-11-9-24(10-12-25)16-4-1-5-17(13-16)26(28)29/h1-5,8,13-14H,6-7,9-12H2. The molecule has 30 heavy (non-hydrogen) atoms. The number of anilines is 1. The van der Waals surface area contributed by atoms with Crippen molar-refractivity contribution in [1.29, 1.82) is 0 Å². The third-order valence-corrected chi connectivity index (χ3v) is 4.98. The van der Waals surface area contributed by atoms with Gasteiger partial charge in [-0.15, -0.1) is 0 Å². The first-order valence-electron chi connectivity index (χ1n) is 9.60. The fourth-order valence-electron chi connectivity index (χ4n) is 3.36. The maximum Gasteiger partial charge on any atom is 0.271 e. The van der Waals surface area contributed by atoms with Crippen LogP contribution in [0.4, 0.5) is 11.4 Å². The summed E-state index contributed by atoms with van der Waals surface area (Å²) >= 11 is 0. The van der Waals surface area contributed by atoms with Gasteiger partial charge in [0.25, 0.3) is 5.69 Å². The molecular formula is C20H20N6O4. The number of amides is 1. The van der Waals surface area contributed by atoms with Crippen LogP contribution < -0.4 is 4.90 Å². The highest BCUT2D eigenvalue weighted by Gasteiger charge is 2.22. The van der Waals surface area contributed by atoms with Gasteiger partial charge in [0.15, 0.2) is 0 Å². The highest BCUT2D eigenvalue weighted by Crippen LogP contribution is 2.22. The molecule has 1 aliphatic heterocycles. The number of nitro groups is 1. The average molecular weight is 408 g/mol. The van der Waals surface area contributed by atoms with Gasteiger partial charge in [-0.3, -0.25) is 19.9 Å². The molecule has 3 aromatic rings. The monoisotopic (exact) mass is 408 g/mol. The Morgan fingerprint density at radius 1 is 1.17 bits per heavy atom. The lowest BCUT2D eigenvalue weighted by Gasteiger charge is -2.36. The van der Waals surface area contributed by atoms with Gasteiger partial charge in [-0.2, -0.15) is 4.98 Å². The number of benzene rings is 1. The first-order chi connectivity index (χ1) is 14.6. The molecule has 0 saturated carbocycles. The van der Waals surface area contributed by atoms with E-state index >= 15 is 0 Å². The van der Waals surface area contributed by atoms with E-state index in [1.54, 1.807) is 35.5 Å². The number of piperazine rings is 1. The second kappa shape index (κ2) is 8.68. The van der Waals surface area contributed by atoms with Gasteiger partial charge in [0, 0.05) is 74.8 Å². The summed E-state index contributed by atoms with van der Waals surface area (Å²) in [5.74, 6) is 0.892. The highest BCUT2D eigenvalue weighted by molar-refractivity contribution is 5.76. The van der Waals surface area contributed by atoms with Crippen molar-refractivity contribution in [2.24, 2.45) is 0 Å². The van der Waals surface area contributed by atoms with E-state index in [-0.39, 0.29) is 18.0 Å². The number of aromatic nitrogens is 3. The number of hydrogen-bond acceptors (Lipinski definition) is 8. The number of pyridine rings is 1. The summed E-state index contributed by atoms with van der Waals surface area (Å²) in [6.07, 6.45) is 3.98. The molecule has 0 N–H and O–H groups in total. The lowest BCUT2D eigenvalue weighted by molar-refractivity contribution is -0.384. The molecule has 3 heterocycles. The zero-order chi connectivity index (χ0) is 20.9. The van der Waals surface area contributed by atoms with Crippen molar-refractivity contribution in [2.75, 3.05) is 31.1 Å². The molecule has 1 fully saturated rings. The van der Waals surface area contributed by atoms with E-state index in [1.807, 2.05) is 12.1 Å². The number of carbonyl (C=O) groups excluding carboxylic acids is 1. The molecule has 154 valence electrons. The summed E-state index contributed by atoms with van der Waals surface area (Å²) in [5, 5.41) is 14.9. The molecule has 1 aromatic carbocycles. The van der Waals surface area contributed by atoms with Crippen molar-refractivity contribution in [3.8, 4) is 11.4 Å². The summed E-state index contributed by atoms with van der Waals surface area (Å²) in [4.78, 5) is 35.3. The molecule has 0 bridgehead atoms. The molecule has 0 unspecified atom stereocenters. The van der Waals surface area contributed by atoms with E-state index in [0.29, 0.717) is 44.3 Å². The molecule has 0 aliphatic carbocycles. The van der Waals surface area contributed by atoms with Crippen LogP contribution in [0.5, 0.6) is 0 Å². The summed E-state index contributed by atoms with van der Waals surface area (Å²) in [6.45, 7) is 2.37. The predicted octanol–water partition coefficient (Wildman–Crippen LogP) is 2.32. The normalized spacial score (nSPS) is 14.0. The van der Waals surface area contributed by atoms with Crippen molar-refractivity contribution in [3.63, 3.8) is 0 Å². The number of rotatable bonds is 6. The lowest BCUT2D eigenvalue weighted by atomic mass is 10.2. The van der Waals surface area contributed by atoms with E-state index < -0.39 is 4.92 Å². The Morgan fingerprint density at radius 2 is 2.00 bits per heavy atom. The van der Waals surface area contributed by atoms with E-state index in [4.69, 9.17) is 4.52 Å². The SMILES string of the molecule is O=C(CCc1nc(-c2cccnc2)no1)N1CCN(c2cccc([N+](=O)[O-])c2)CC1. The Kier molecular flexibility index (Phi) is 5.64. The van der Waals surface area contributed by atoms with Crippen molar-refractivity contribution in [1.82, 2.24) is 20.0 Å². The maximum atomic E-state index is 12.6. The predicted molar refractivity (Wildman–Crippen MR) is 108 cm³/mol. The van der Waals surface area contributed by atoms with Gasteiger partial charge in [-0.25, -0.2) is 0 Å². The van der Waals surface area contributed by atoms with Crippen LogP contribution in [0.1, 0.15) is 12.3 Å². The van der Waals surface area contributed by atoms with Crippen LogP contribution in [0, 0.1) is 10.1 Å². The quantitative estimate of drug-likeness (QED) is 0.450. The van der Waals surface area contributed by atoms with Gasteiger partial charge >= 0.3 is 0 Å². The molecule has 1 aliphatic rings. The fourth-order valence-corrected chi connectivity index (χ4v) is 3.36. The van der Waals surface area contributed by atoms with Crippen LogP contribution in [0.15, 0.2) is 53.3 Å².